The fourth-order valence-electron chi connectivity index (χ4n) is 1.96. The van der Waals surface area contributed by atoms with Crippen molar-refractivity contribution in [3.05, 3.63) is 40.1 Å². The van der Waals surface area contributed by atoms with E-state index in [1.807, 2.05) is 0 Å². The summed E-state index contributed by atoms with van der Waals surface area (Å²) in [7, 11) is 0. The van der Waals surface area contributed by atoms with Gasteiger partial charge in [-0.2, -0.15) is 0 Å². The van der Waals surface area contributed by atoms with Crippen LogP contribution in [0.25, 0.3) is 10.8 Å². The highest BCUT2D eigenvalue weighted by Gasteiger charge is 2.27. The number of aromatic hydroxyl groups is 1. The van der Waals surface area contributed by atoms with Gasteiger partial charge in [0.2, 0.25) is 0 Å². The minimum Gasteiger partial charge on any atom is -0.507 e. The third kappa shape index (κ3) is 1.29. The van der Waals surface area contributed by atoms with Crippen LogP contribution in [-0.2, 0) is 16.1 Å². The van der Waals surface area contributed by atoms with Crippen molar-refractivity contribution in [2.45, 2.75) is 6.54 Å². The SMILES string of the molecule is O=C1C=CC(=O)N1Cc1ccc(O)c2c(=O)c12. The Hall–Kier alpha value is -2.43. The van der Waals surface area contributed by atoms with Crippen LogP contribution in [-0.4, -0.2) is 21.8 Å². The van der Waals surface area contributed by atoms with Crippen LogP contribution in [0.2, 0.25) is 0 Å². The number of phenols is 1. The average Bonchev–Trinajstić information content (AvgIpc) is 2.89. The first-order valence-corrected chi connectivity index (χ1v) is 5.02. The van der Waals surface area contributed by atoms with E-state index in [1.165, 1.54) is 18.2 Å². The second-order valence-corrected chi connectivity index (χ2v) is 3.92. The van der Waals surface area contributed by atoms with Crippen molar-refractivity contribution in [2.75, 3.05) is 0 Å². The molecule has 0 aliphatic carbocycles. The van der Waals surface area contributed by atoms with E-state index in [-0.39, 0.29) is 29.5 Å². The molecule has 0 fully saturated rings. The summed E-state index contributed by atoms with van der Waals surface area (Å²) < 4.78 is 0. The Morgan fingerprint density at radius 3 is 2.29 bits per heavy atom. The maximum atomic E-state index is 11.4. The van der Waals surface area contributed by atoms with E-state index in [4.69, 9.17) is 0 Å². The molecule has 84 valence electrons. The molecule has 1 aliphatic rings. The summed E-state index contributed by atoms with van der Waals surface area (Å²) in [5, 5.41) is 10.1. The summed E-state index contributed by atoms with van der Waals surface area (Å²) in [6, 6.07) is 2.95. The highest BCUT2D eigenvalue weighted by Crippen LogP contribution is 2.30. The minimum atomic E-state index is -0.384. The van der Waals surface area contributed by atoms with Crippen LogP contribution in [0.15, 0.2) is 29.1 Å². The number of hydrogen-bond acceptors (Lipinski definition) is 4. The van der Waals surface area contributed by atoms with E-state index in [1.54, 1.807) is 6.07 Å². The Balaban J connectivity index is 1.96. The van der Waals surface area contributed by atoms with Gasteiger partial charge in [-0.05, 0) is 11.6 Å². The Morgan fingerprint density at radius 2 is 1.65 bits per heavy atom. The zero-order valence-electron chi connectivity index (χ0n) is 8.64. The van der Waals surface area contributed by atoms with Crippen molar-refractivity contribution in [1.29, 1.82) is 0 Å². The number of amides is 2. The molecule has 0 unspecified atom stereocenters. The molecule has 3 rings (SSSR count). The number of imide groups is 1. The van der Waals surface area contributed by atoms with Gasteiger partial charge in [-0.3, -0.25) is 19.3 Å². The Morgan fingerprint density at radius 1 is 1.00 bits per heavy atom. The Bertz CT molecular complexity index is 685. The maximum Gasteiger partial charge on any atom is 0.253 e. The zero-order chi connectivity index (χ0) is 12.2. The van der Waals surface area contributed by atoms with Crippen LogP contribution < -0.4 is 5.43 Å². The summed E-state index contributed by atoms with van der Waals surface area (Å²) in [6.45, 7) is 0.0685. The topological polar surface area (TPSA) is 74.7 Å². The highest BCUT2D eigenvalue weighted by molar-refractivity contribution is 6.13. The largest absolute Gasteiger partial charge is 0.507 e. The summed E-state index contributed by atoms with van der Waals surface area (Å²) >= 11 is 0. The molecule has 0 radical (unpaired) electrons. The Labute approximate surface area is 95.2 Å². The normalized spacial score (nSPS) is 15.6. The number of nitrogens with zero attached hydrogens (tertiary/aromatic N) is 1. The van der Waals surface area contributed by atoms with E-state index < -0.39 is 0 Å². The number of fused-ring (bicyclic) bond motifs is 1. The third-order valence-corrected chi connectivity index (χ3v) is 2.89. The lowest BCUT2D eigenvalue weighted by molar-refractivity contribution is -0.137. The lowest BCUT2D eigenvalue weighted by atomic mass is 10.2. The summed E-state index contributed by atoms with van der Waals surface area (Å²) in [5.41, 5.74) is 0.378. The van der Waals surface area contributed by atoms with Gasteiger partial charge in [-0.1, -0.05) is 6.07 Å². The molecule has 1 N–H and O–H groups in total. The predicted molar refractivity (Wildman–Crippen MR) is 59.0 cm³/mol. The number of phenolic OH excluding ortho intramolecular Hbond substituents is 1. The van der Waals surface area contributed by atoms with Crippen LogP contribution >= 0.6 is 0 Å². The van der Waals surface area contributed by atoms with Crippen LogP contribution in [0, 0.1) is 0 Å². The first-order valence-electron chi connectivity index (χ1n) is 5.02. The van der Waals surface area contributed by atoms with E-state index in [9.17, 15) is 19.5 Å². The number of carbonyl (C=O) groups excluding carboxylic acids is 2. The standard InChI is InChI=1S/C12H7NO4/c14-7-2-1-6(10-11(7)12(10)17)5-13-8(15)3-4-9(13)16/h1-4,14H,5H2. The van der Waals surface area contributed by atoms with Gasteiger partial charge in [0.1, 0.15) is 5.75 Å². The molecular weight excluding hydrogens is 222 g/mol. The third-order valence-electron chi connectivity index (χ3n) is 2.89. The number of benzene rings is 1. The fourth-order valence-corrected chi connectivity index (χ4v) is 1.96. The van der Waals surface area contributed by atoms with Gasteiger partial charge < -0.3 is 5.11 Å². The van der Waals surface area contributed by atoms with Gasteiger partial charge in [0, 0.05) is 17.5 Å². The minimum absolute atomic E-state index is 0.0500. The van der Waals surface area contributed by atoms with Crippen molar-refractivity contribution in [3.63, 3.8) is 0 Å². The van der Waals surface area contributed by atoms with Crippen LogP contribution in [0.5, 0.6) is 5.75 Å². The van der Waals surface area contributed by atoms with Crippen LogP contribution in [0.4, 0.5) is 0 Å². The van der Waals surface area contributed by atoms with Crippen molar-refractivity contribution in [3.8, 4) is 5.75 Å². The smallest absolute Gasteiger partial charge is 0.253 e. The molecule has 0 bridgehead atoms. The lowest BCUT2D eigenvalue weighted by Gasteiger charge is -2.12. The summed E-state index contributed by atoms with van der Waals surface area (Å²) in [4.78, 5) is 35.1. The number of hydrogen-bond donors (Lipinski definition) is 1. The second-order valence-electron chi connectivity index (χ2n) is 3.92. The monoisotopic (exact) mass is 229 g/mol. The number of rotatable bonds is 2. The molecule has 1 heterocycles. The molecule has 1 aliphatic heterocycles. The van der Waals surface area contributed by atoms with Crippen LogP contribution in [0.1, 0.15) is 5.56 Å². The molecule has 2 aromatic carbocycles. The van der Waals surface area contributed by atoms with Crippen molar-refractivity contribution < 1.29 is 14.7 Å². The molecule has 5 nitrogen and oxygen atoms in total. The average molecular weight is 229 g/mol. The first kappa shape index (κ1) is 9.77. The maximum absolute atomic E-state index is 11.4. The lowest BCUT2D eigenvalue weighted by Crippen LogP contribution is -2.29. The first-order chi connectivity index (χ1) is 8.09. The number of carbonyl (C=O) groups is 2. The van der Waals surface area contributed by atoms with Crippen molar-refractivity contribution >= 4 is 22.6 Å². The summed E-state index contributed by atoms with van der Waals surface area (Å²) in [5.74, 6) is -0.819. The quantitative estimate of drug-likeness (QED) is 0.747. The molecular formula is C12H7NO4. The van der Waals surface area contributed by atoms with E-state index in [0.29, 0.717) is 16.3 Å². The van der Waals surface area contributed by atoms with Crippen molar-refractivity contribution in [2.24, 2.45) is 0 Å². The molecule has 2 amide bonds. The van der Waals surface area contributed by atoms with Crippen LogP contribution in [0.3, 0.4) is 0 Å². The van der Waals surface area contributed by atoms with E-state index >= 15 is 0 Å². The second kappa shape index (κ2) is 3.04. The molecule has 17 heavy (non-hydrogen) atoms. The molecule has 0 aromatic heterocycles. The van der Waals surface area contributed by atoms with Gasteiger partial charge in [0.25, 0.3) is 11.8 Å². The predicted octanol–water partition coefficient (Wildman–Crippen LogP) is 0.206. The highest BCUT2D eigenvalue weighted by atomic mass is 16.3. The zero-order valence-corrected chi connectivity index (χ0v) is 8.64. The van der Waals surface area contributed by atoms with Gasteiger partial charge in [-0.15, -0.1) is 0 Å². The molecule has 0 saturated carbocycles. The van der Waals surface area contributed by atoms with E-state index in [2.05, 4.69) is 0 Å². The molecule has 0 spiro atoms. The van der Waals surface area contributed by atoms with E-state index in [0.717, 1.165) is 4.90 Å². The fraction of sp³-hybridized carbons (Fsp3) is 0.0833. The van der Waals surface area contributed by atoms with Crippen molar-refractivity contribution in [1.82, 2.24) is 4.90 Å². The molecule has 0 atom stereocenters. The van der Waals surface area contributed by atoms with Gasteiger partial charge in [0.15, 0.2) is 5.43 Å². The Kier molecular flexibility index (Phi) is 1.75. The summed E-state index contributed by atoms with van der Waals surface area (Å²) in [6.07, 6.45) is 2.39. The molecule has 5 heteroatoms. The molecule has 2 aromatic rings. The molecule has 0 saturated heterocycles. The van der Waals surface area contributed by atoms with Gasteiger partial charge >= 0.3 is 0 Å². The van der Waals surface area contributed by atoms with Gasteiger partial charge in [0.05, 0.1) is 11.9 Å². The van der Waals surface area contributed by atoms with Gasteiger partial charge in [-0.25, -0.2) is 0 Å².